The van der Waals surface area contributed by atoms with Crippen molar-refractivity contribution in [2.75, 3.05) is 52.7 Å². The number of oxime groups is 1. The number of aryl methyl sites for hydroxylation is 1. The van der Waals surface area contributed by atoms with Gasteiger partial charge in [-0.1, -0.05) is 29.4 Å². The lowest BCUT2D eigenvalue weighted by Gasteiger charge is -2.49. The van der Waals surface area contributed by atoms with Gasteiger partial charge in [0.15, 0.2) is 29.1 Å². The maximum atomic E-state index is 16.5. The second kappa shape index (κ2) is 23.2. The maximum absolute atomic E-state index is 16.5. The Morgan fingerprint density at radius 1 is 0.946 bits per heavy atom. The van der Waals surface area contributed by atoms with Gasteiger partial charge in [-0.05, 0) is 100 Å². The van der Waals surface area contributed by atoms with Gasteiger partial charge in [0.1, 0.15) is 54.0 Å². The molecule has 3 aliphatic heterocycles. The van der Waals surface area contributed by atoms with Gasteiger partial charge >= 0.3 is 20.0 Å². The quantitative estimate of drug-likeness (QED) is 0.0224. The molecule has 0 saturated carbocycles. The molecule has 3 aliphatic rings. The van der Waals surface area contributed by atoms with Crippen molar-refractivity contribution in [1.82, 2.24) is 20.5 Å². The number of rotatable bonds is 21. The molecule has 1 aromatic heterocycles. The Labute approximate surface area is 436 Å². The van der Waals surface area contributed by atoms with Crippen molar-refractivity contribution >= 4 is 65.9 Å². The highest BCUT2D eigenvalue weighted by Crippen LogP contribution is 2.39. The number of quaternary nitrogens is 1. The molecule has 3 aromatic carbocycles. The largest absolute Gasteiger partial charge is 0.614 e. The van der Waals surface area contributed by atoms with Crippen molar-refractivity contribution in [3.05, 3.63) is 111 Å². The van der Waals surface area contributed by atoms with Crippen LogP contribution in [0.4, 0.5) is 4.39 Å². The second-order valence-electron chi connectivity index (χ2n) is 19.5. The first kappa shape index (κ1) is 55.1. The molecule has 394 valence electrons. The number of ether oxygens (including phenoxy) is 5. The van der Waals surface area contributed by atoms with Crippen LogP contribution in [0.3, 0.4) is 0 Å². The second-order valence-corrected chi connectivity index (χ2v) is 22.1. The zero-order valence-corrected chi connectivity index (χ0v) is 44.5. The van der Waals surface area contributed by atoms with E-state index in [-0.39, 0.29) is 66.2 Å². The van der Waals surface area contributed by atoms with E-state index in [0.717, 1.165) is 28.9 Å². The van der Waals surface area contributed by atoms with Crippen molar-refractivity contribution in [2.45, 2.75) is 90.2 Å². The van der Waals surface area contributed by atoms with Gasteiger partial charge in [-0.2, -0.15) is 0 Å². The molecule has 2 fully saturated rings. The number of esters is 1. The molecule has 19 nitrogen and oxygen atoms in total. The molecular formula is C51H61BFN6O13S2+. The van der Waals surface area contributed by atoms with Gasteiger partial charge in [0, 0.05) is 18.2 Å². The molecule has 0 spiro atoms. The number of amides is 3. The van der Waals surface area contributed by atoms with Gasteiger partial charge in [0.2, 0.25) is 11.0 Å². The molecule has 7 rings (SSSR count). The number of halogens is 1. The minimum Gasteiger partial charge on any atom is -0.614 e. The molecule has 0 radical (unpaired) electrons. The number of aromatic nitrogens is 1. The molecule has 4 aromatic rings. The average molecular weight is 1060 g/mol. The van der Waals surface area contributed by atoms with E-state index in [1.165, 1.54) is 45.4 Å². The number of nitrogens with one attached hydrogen (secondary N) is 2. The lowest BCUT2D eigenvalue weighted by Crippen LogP contribution is -2.75. The standard InChI is InChI=1S/C51H60BFN6O13S2/c1-30-55-37(28-73-30)40(57-72-51(5,6)49(64)70-50(2,3)4)45(61)56-41-46(62)58-42(48(63)71-52)33(29-74(65)47(41)58)25-59(22-9-10-23-59)24-21-54-44(60)36-19-20-38(68-26-31-11-15-34(66-7)16-12-31)43(39(36)53)69-27-32-13-17-35(67-8)18-14-32/h11-20,28,41,47H,9-10,21-27,29,52H2,1-8H3,(H-,54,56,60,61)/p+1/b57-40-/t41-,47-,74?/m1/s1. The Bertz CT molecular complexity index is 2800. The molecule has 1 unspecified atom stereocenters. The van der Waals surface area contributed by atoms with Crippen molar-refractivity contribution in [3.63, 3.8) is 0 Å². The summed E-state index contributed by atoms with van der Waals surface area (Å²) in [5.41, 5.74) is -1.09. The molecular weight excluding hydrogens is 999 g/mol. The number of likely N-dealkylation sites (tertiary alicyclic amines) is 1. The number of fused-ring (bicyclic) bond motifs is 1. The van der Waals surface area contributed by atoms with Gasteiger partial charge in [0.05, 0.1) is 56.5 Å². The first-order chi connectivity index (χ1) is 35.2. The van der Waals surface area contributed by atoms with E-state index < -0.39 is 69.3 Å². The van der Waals surface area contributed by atoms with E-state index in [2.05, 4.69) is 20.8 Å². The Morgan fingerprint density at radius 3 is 2.14 bits per heavy atom. The summed E-state index contributed by atoms with van der Waals surface area (Å²) in [4.78, 5) is 79.5. The number of carbonyl (C=O) groups excluding carboxylic acids is 5. The number of carbonyl (C=O) groups is 5. The summed E-state index contributed by atoms with van der Waals surface area (Å²) in [6.07, 6.45) is 1.64. The first-order valence-electron chi connectivity index (χ1n) is 23.9. The normalized spacial score (nSPS) is 18.4. The Hall–Kier alpha value is -6.69. The fourth-order valence-electron chi connectivity index (χ4n) is 8.64. The average Bonchev–Trinajstić information content (AvgIpc) is 4.02. The molecule has 2 saturated heterocycles. The number of β-lactam (4-membered cyclic amide) rings is 1. The summed E-state index contributed by atoms with van der Waals surface area (Å²) in [6.45, 7) is 11.6. The summed E-state index contributed by atoms with van der Waals surface area (Å²) in [5.74, 6) is -3.71. The molecule has 74 heavy (non-hydrogen) atoms. The van der Waals surface area contributed by atoms with Crippen LogP contribution in [0.1, 0.15) is 79.6 Å². The van der Waals surface area contributed by atoms with Crippen LogP contribution in [0.25, 0.3) is 0 Å². The number of hydrogen-bond donors (Lipinski definition) is 2. The smallest absolute Gasteiger partial charge is 0.353 e. The third-order valence-electron chi connectivity index (χ3n) is 12.5. The van der Waals surface area contributed by atoms with Crippen LogP contribution in [0.5, 0.6) is 23.0 Å². The van der Waals surface area contributed by atoms with Crippen molar-refractivity contribution in [3.8, 4) is 23.0 Å². The monoisotopic (exact) mass is 1060 g/mol. The minimum atomic E-state index is -1.82. The van der Waals surface area contributed by atoms with Crippen molar-refractivity contribution in [1.29, 1.82) is 0 Å². The van der Waals surface area contributed by atoms with Crippen molar-refractivity contribution < 1.29 is 70.6 Å². The zero-order chi connectivity index (χ0) is 53.5. The fraction of sp³-hybridized carbons (Fsp3) is 0.431. The third-order valence-corrected chi connectivity index (χ3v) is 14.9. The molecule has 2 N–H and O–H groups in total. The van der Waals surface area contributed by atoms with Gasteiger partial charge in [-0.15, -0.1) is 11.3 Å². The first-order valence-corrected chi connectivity index (χ1v) is 26.1. The summed E-state index contributed by atoms with van der Waals surface area (Å²) in [6, 6.07) is 15.8. The molecule has 0 bridgehead atoms. The Balaban J connectivity index is 1.06. The van der Waals surface area contributed by atoms with E-state index in [0.29, 0.717) is 46.2 Å². The van der Waals surface area contributed by atoms with E-state index in [4.69, 9.17) is 33.2 Å². The maximum Gasteiger partial charge on any atom is 0.353 e. The van der Waals surface area contributed by atoms with Crippen LogP contribution >= 0.6 is 11.3 Å². The summed E-state index contributed by atoms with van der Waals surface area (Å²) >= 11 is -0.589. The lowest BCUT2D eigenvalue weighted by molar-refractivity contribution is -0.911. The number of nitrogens with zero attached hydrogens (tertiary/aromatic N) is 4. The highest BCUT2D eigenvalue weighted by Gasteiger charge is 2.62. The predicted molar refractivity (Wildman–Crippen MR) is 274 cm³/mol. The topological polar surface area (TPSA) is 226 Å². The SMILES string of the molecule is BOC(=O)C1=C(C[N+]2(CCNC(=O)c3ccc(OCc4ccc(OC)cc4)c(OCc4ccc(OC)cc4)c3F)CCCC2)C[S+]([O-])[C@@H]2[C@H](NC(=O)/C(=N\OC(C)(C)C(=O)OC(C)(C)C)c3csc(C)n3)C(=O)N12. The highest BCUT2D eigenvalue weighted by molar-refractivity contribution is 7.92. The lowest BCUT2D eigenvalue weighted by atomic mass is 10.0. The van der Waals surface area contributed by atoms with E-state index in [1.807, 2.05) is 12.1 Å². The fourth-order valence-corrected chi connectivity index (χ4v) is 10.9. The predicted octanol–water partition coefficient (Wildman–Crippen LogP) is 4.41. The van der Waals surface area contributed by atoms with E-state index >= 15 is 4.39 Å². The third kappa shape index (κ3) is 12.8. The molecule has 3 amide bonds. The van der Waals surface area contributed by atoms with Crippen LogP contribution < -0.4 is 29.6 Å². The van der Waals surface area contributed by atoms with E-state index in [9.17, 15) is 28.5 Å². The van der Waals surface area contributed by atoms with E-state index in [1.54, 1.807) is 83.7 Å². The summed E-state index contributed by atoms with van der Waals surface area (Å²) in [5, 5.41) is 10.5. The number of hydrogen-bond acceptors (Lipinski definition) is 16. The highest BCUT2D eigenvalue weighted by atomic mass is 32.2. The van der Waals surface area contributed by atoms with Gasteiger partial charge in [-0.25, -0.2) is 19.0 Å². The minimum absolute atomic E-state index is 0.0340. The number of benzene rings is 3. The van der Waals surface area contributed by atoms with Crippen molar-refractivity contribution in [2.24, 2.45) is 5.16 Å². The van der Waals surface area contributed by atoms with Crippen LogP contribution in [0, 0.1) is 12.7 Å². The van der Waals surface area contributed by atoms with Crippen LogP contribution in [-0.4, -0.2) is 138 Å². The molecule has 0 aliphatic carbocycles. The molecule has 3 atom stereocenters. The Morgan fingerprint density at radius 2 is 1.57 bits per heavy atom. The van der Waals surface area contributed by atoms with Gasteiger partial charge in [-0.3, -0.25) is 19.3 Å². The summed E-state index contributed by atoms with van der Waals surface area (Å²) < 4.78 is 64.3. The zero-order valence-electron chi connectivity index (χ0n) is 42.9. The van der Waals surface area contributed by atoms with Crippen LogP contribution in [0.15, 0.2) is 82.5 Å². The van der Waals surface area contributed by atoms with Gasteiger partial charge < -0.3 is 52.8 Å². The summed E-state index contributed by atoms with van der Waals surface area (Å²) in [7, 11) is 4.30. The molecule has 4 heterocycles. The number of thiazole rings is 1. The Kier molecular flexibility index (Phi) is 17.3. The van der Waals surface area contributed by atoms with Crippen LogP contribution in [0.2, 0.25) is 0 Å². The van der Waals surface area contributed by atoms with Gasteiger partial charge in [0.25, 0.3) is 17.7 Å². The molecule has 23 heteroatoms. The number of methoxy groups -OCH3 is 2. The van der Waals surface area contributed by atoms with Crippen LogP contribution in [-0.2, 0) is 57.8 Å².